The Morgan fingerprint density at radius 1 is 0.677 bits per heavy atom. The lowest BCUT2D eigenvalue weighted by atomic mass is 9.80. The van der Waals surface area contributed by atoms with Crippen LogP contribution in [-0.4, -0.2) is 321 Å². The molecule has 10 rings (SSSR count). The zero-order valence-electron chi connectivity index (χ0n) is 74.4. The van der Waals surface area contributed by atoms with Crippen LogP contribution in [0.15, 0.2) is 88.9 Å². The van der Waals surface area contributed by atoms with E-state index in [2.05, 4.69) is 35.1 Å². The highest BCUT2D eigenvalue weighted by Crippen LogP contribution is 2.39. The number of piperazine rings is 1. The molecule has 2 bridgehead atoms. The van der Waals surface area contributed by atoms with Gasteiger partial charge in [0.1, 0.15) is 71.7 Å². The summed E-state index contributed by atoms with van der Waals surface area (Å²) in [5.74, 6) is -7.90. The van der Waals surface area contributed by atoms with Crippen molar-refractivity contribution in [1.29, 1.82) is 0 Å². The van der Waals surface area contributed by atoms with Gasteiger partial charge in [-0.05, 0) is 119 Å². The molecule has 0 unspecified atom stereocenters. The molecule has 4 fully saturated rings. The number of aromatic nitrogens is 7. The molecule has 15 atom stereocenters. The molecule has 127 heavy (non-hydrogen) atoms. The Morgan fingerprint density at radius 3 is 1.98 bits per heavy atom. The van der Waals surface area contributed by atoms with Gasteiger partial charge in [0.2, 0.25) is 11.7 Å². The number of cyclic esters (lactones) is 1. The van der Waals surface area contributed by atoms with Crippen molar-refractivity contribution in [1.82, 2.24) is 49.8 Å². The number of aliphatic hydroxyl groups is 3. The molecule has 0 radical (unpaired) electrons. The molecule has 38 nitrogen and oxygen atoms in total. The van der Waals surface area contributed by atoms with E-state index in [4.69, 9.17) is 88.3 Å². The van der Waals surface area contributed by atoms with E-state index in [1.54, 1.807) is 38.6 Å². The largest absolute Gasteiger partial charge is 0.459 e. The average molecular weight is 1780 g/mol. The number of methoxy groups -OCH3 is 2. The number of piperidine rings is 1. The molecule has 10 N–H and O–H groups in total. The number of carbonyl (C=O) groups excluding carboxylic acids is 7. The maximum Gasteiger partial charge on any atom is 0.407 e. The third-order valence-corrected chi connectivity index (χ3v) is 23.8. The molecule has 4 aromatic heterocycles. The Balaban J connectivity index is 0.546. The Bertz CT molecular complexity index is 4500. The van der Waals surface area contributed by atoms with Crippen molar-refractivity contribution in [3.05, 3.63) is 84.5 Å². The summed E-state index contributed by atoms with van der Waals surface area (Å²) >= 11 is 0. The number of nitrogens with two attached hydrogens (primary N) is 3. The number of carbonyl (C=O) groups is 7. The first-order valence-electron chi connectivity index (χ1n) is 44.2. The third-order valence-electron chi connectivity index (χ3n) is 23.8. The predicted molar refractivity (Wildman–Crippen MR) is 465 cm³/mol. The van der Waals surface area contributed by atoms with E-state index in [1.807, 2.05) is 67.3 Å². The minimum atomic E-state index is -2.51. The van der Waals surface area contributed by atoms with Crippen LogP contribution in [-0.2, 0) is 90.3 Å². The minimum Gasteiger partial charge on any atom is -0.459 e. The van der Waals surface area contributed by atoms with Gasteiger partial charge < -0.3 is 119 Å². The summed E-state index contributed by atoms with van der Waals surface area (Å²) in [7, 11) is 3.06. The second-order valence-electron chi connectivity index (χ2n) is 33.1. The van der Waals surface area contributed by atoms with Crippen molar-refractivity contribution in [3.8, 4) is 17.1 Å². The summed E-state index contributed by atoms with van der Waals surface area (Å²) < 4.78 is 82.0. The fourth-order valence-electron chi connectivity index (χ4n) is 16.4. The van der Waals surface area contributed by atoms with Gasteiger partial charge in [-0.25, -0.2) is 29.5 Å². The number of amides is 3. The number of oxazole rings is 1. The summed E-state index contributed by atoms with van der Waals surface area (Å²) in [5.41, 5.74) is 23.0. The average Bonchev–Trinajstić information content (AvgIpc) is 1.60. The van der Waals surface area contributed by atoms with Gasteiger partial charge in [-0.2, -0.15) is 14.8 Å². The number of ketones is 3. The molecule has 1 saturated carbocycles. The van der Waals surface area contributed by atoms with Crippen LogP contribution in [0.2, 0.25) is 0 Å². The number of anilines is 3. The van der Waals surface area contributed by atoms with Crippen LogP contribution in [0.5, 0.6) is 0 Å². The topological polar surface area (TPSA) is 495 Å². The Hall–Kier alpha value is -9.23. The lowest BCUT2D eigenvalue weighted by Crippen LogP contribution is -2.61. The van der Waals surface area contributed by atoms with Crippen molar-refractivity contribution in [2.45, 2.75) is 186 Å². The molecule has 3 amide bonds. The van der Waals surface area contributed by atoms with E-state index in [1.165, 1.54) is 32.8 Å². The first kappa shape index (κ1) is 99.9. The molecule has 38 heteroatoms. The molecule has 1 aliphatic carbocycles. The van der Waals surface area contributed by atoms with Crippen molar-refractivity contribution in [3.63, 3.8) is 0 Å². The number of nitrogens with one attached hydrogen (secondary N) is 1. The summed E-state index contributed by atoms with van der Waals surface area (Å²) in [6.45, 7) is 18.1. The molecule has 8 heterocycles. The van der Waals surface area contributed by atoms with Crippen LogP contribution in [0.25, 0.3) is 39.2 Å². The number of alkyl carbamates (subject to hydrolysis) is 1. The summed E-state index contributed by atoms with van der Waals surface area (Å²) in [6.07, 6.45) is 9.83. The molecule has 700 valence electrons. The maximum atomic E-state index is 14.7. The quantitative estimate of drug-likeness (QED) is 0.0109. The number of rotatable bonds is 36. The fourth-order valence-corrected chi connectivity index (χ4v) is 16.4. The molecule has 5 aromatic rings. The highest BCUT2D eigenvalue weighted by molar-refractivity contribution is 6.39. The van der Waals surface area contributed by atoms with Crippen molar-refractivity contribution in [2.75, 3.05) is 176 Å². The number of allylic oxidation sites excluding steroid dienone is 6. The number of hydrogen-bond acceptors (Lipinski definition) is 34. The summed E-state index contributed by atoms with van der Waals surface area (Å²) in [5, 5.41) is 42.7. The first-order chi connectivity index (χ1) is 61.2. The molecule has 0 spiro atoms. The number of nitrogen functional groups attached to an aromatic ring is 2. The molecule has 1 aromatic carbocycles. The monoisotopic (exact) mass is 1780 g/mol. The van der Waals surface area contributed by atoms with E-state index in [-0.39, 0.29) is 93.7 Å². The third kappa shape index (κ3) is 29.1. The number of fused-ring (bicyclic) bond motifs is 5. The molecule has 3 saturated heterocycles. The number of hydrogen-bond donors (Lipinski definition) is 7. The van der Waals surface area contributed by atoms with Gasteiger partial charge >= 0.3 is 12.1 Å². The normalized spacial score (nSPS) is 27.2. The van der Waals surface area contributed by atoms with E-state index in [0.717, 1.165) is 10.5 Å². The second kappa shape index (κ2) is 50.7. The zero-order valence-corrected chi connectivity index (χ0v) is 74.4. The van der Waals surface area contributed by atoms with Gasteiger partial charge in [0.25, 0.3) is 17.7 Å². The van der Waals surface area contributed by atoms with Gasteiger partial charge in [0.15, 0.2) is 22.8 Å². The van der Waals surface area contributed by atoms with E-state index >= 15 is 0 Å². The number of esters is 1. The first-order valence-corrected chi connectivity index (χ1v) is 44.2. The minimum absolute atomic E-state index is 0.00364. The molecular formula is C89H130N14O24. The standard InChI is InChI=1S/C89H130N14O24/c1-56-14-10-9-11-15-57(2)71(114-7)51-64-20-17-61(6)89(113,127-64)82(109)85(110)102-25-13-12-16-67(102)86(111)124-72(52-68(104)58(3)47-60(5)80(107)81(108)79(106)59(4)46-56)65(90)48-62-18-21-70(73(49-62)115-8)126-88(112)93-24-31-117-33-35-119-37-39-121-41-43-123-45-44-122-42-40-120-38-36-118-34-32-116-30-23-76(105)101-28-26-100(27-29-101)74-53-75(95-54-94-74)103-84-77(83(91)96-55-97-84)78(99-103)63-19-22-69-66(50-63)98-87(92)125-69/h9-11,14-15,19,22,47,50,53-56,58-59,61-62,64-65,67,70-73,80-81,107-108,113H,12-13,16-18,20-21,23-46,48-49,51-52,90H2,1-8H3,(H2,92,98)(H,93,112)(H2,91,96,97)/b11-9+,14-10+,57-15+,60-47+/t56-,58-,59-,61-,62+,64+,65-,67+,70-,71+,72+,73-,80-,81+,89-/m1/s1. The SMILES string of the molecule is CO[C@H]1C[C@@H]2CC[C@@H](C)[C@@](O)(O2)C(=O)C(=O)N2CCCC[C@H]2C(=O)O[C@H]([C@H](N)C[C@@H]2CC[C@@H](OC(=O)NCCOCCOCCOCCOCCOCCOCCOCCOCCC(=O)N3CCN(c4cc(-n5nc(-c6ccc7oc(N)nc7c6)c6c(N)ncnc65)ncn4)CC3)[C@H](OC)C2)CC(=O)[C@H](C)/C=C(\C)[C@@H](O)[C@@H](O)C(=O)[C@H](C)C[C@H](C)/C=C/C=C/C=C/1C. The second-order valence-corrected chi connectivity index (χ2v) is 33.1. The van der Waals surface area contributed by atoms with Gasteiger partial charge in [-0.3, -0.25) is 24.0 Å². The Morgan fingerprint density at radius 2 is 1.32 bits per heavy atom. The lowest BCUT2D eigenvalue weighted by Gasteiger charge is -2.42. The van der Waals surface area contributed by atoms with Crippen LogP contribution in [0.4, 0.5) is 22.4 Å². The van der Waals surface area contributed by atoms with Crippen molar-refractivity contribution in [2.24, 2.45) is 35.3 Å². The number of benzene rings is 1. The predicted octanol–water partition coefficient (Wildman–Crippen LogP) is 5.71. The van der Waals surface area contributed by atoms with Crippen molar-refractivity contribution < 1.29 is 115 Å². The number of aliphatic hydroxyl groups excluding tert-OH is 2. The smallest absolute Gasteiger partial charge is 0.407 e. The van der Waals surface area contributed by atoms with E-state index in [0.29, 0.717) is 208 Å². The Labute approximate surface area is 740 Å². The number of Topliss-reactive ketones (excluding diaryl/α,β-unsaturated/α-hetero) is 3. The summed E-state index contributed by atoms with van der Waals surface area (Å²) in [6, 6.07) is 5.04. The van der Waals surface area contributed by atoms with Gasteiger partial charge in [0, 0.05) is 102 Å². The van der Waals surface area contributed by atoms with Crippen LogP contribution in [0, 0.1) is 29.6 Å². The Kier molecular flexibility index (Phi) is 39.9. The summed E-state index contributed by atoms with van der Waals surface area (Å²) in [4.78, 5) is 125. The fraction of sp³-hybridized carbons (Fsp3) is 0.652. The van der Waals surface area contributed by atoms with Gasteiger partial charge in [-0.15, -0.1) is 0 Å². The molecule has 4 aliphatic heterocycles. The zero-order chi connectivity index (χ0) is 90.9. The van der Waals surface area contributed by atoms with Gasteiger partial charge in [0.05, 0.1) is 136 Å². The van der Waals surface area contributed by atoms with E-state index in [9.17, 15) is 48.9 Å². The van der Waals surface area contributed by atoms with Crippen LogP contribution in [0.1, 0.15) is 125 Å². The van der Waals surface area contributed by atoms with Crippen LogP contribution >= 0.6 is 0 Å². The highest BCUT2D eigenvalue weighted by Gasteiger charge is 2.53. The van der Waals surface area contributed by atoms with Crippen LogP contribution in [0.3, 0.4) is 0 Å². The van der Waals surface area contributed by atoms with E-state index < -0.39 is 120 Å². The maximum absolute atomic E-state index is 14.7. The van der Waals surface area contributed by atoms with Gasteiger partial charge in [-0.1, -0.05) is 64.2 Å². The van der Waals surface area contributed by atoms with Crippen molar-refractivity contribution >= 4 is 81.0 Å². The lowest BCUT2D eigenvalue weighted by molar-refractivity contribution is -0.265. The van der Waals surface area contributed by atoms with Crippen LogP contribution < -0.4 is 27.4 Å². The number of ether oxygens (including phenoxy) is 13. The molecular weight excluding hydrogens is 1650 g/mol. The molecule has 5 aliphatic rings. The number of nitrogens with zero attached hydrogens (tertiary/aromatic N) is 10. The highest BCUT2D eigenvalue weighted by atomic mass is 16.6.